The fourth-order valence-electron chi connectivity index (χ4n) is 4.12. The molecule has 9 heteroatoms. The molecule has 0 amide bonds. The van der Waals surface area contributed by atoms with Gasteiger partial charge in [-0.2, -0.15) is 0 Å². The molecule has 0 unspecified atom stereocenters. The van der Waals surface area contributed by atoms with E-state index in [9.17, 15) is 35.7 Å². The van der Waals surface area contributed by atoms with Gasteiger partial charge in [0.25, 0.3) is 0 Å². The van der Waals surface area contributed by atoms with Gasteiger partial charge < -0.3 is 45.2 Å². The van der Waals surface area contributed by atoms with Gasteiger partial charge in [0.15, 0.2) is 0 Å². The van der Waals surface area contributed by atoms with Gasteiger partial charge in [0, 0.05) is 17.5 Å². The number of ether oxygens (including phenoxy) is 2. The van der Waals surface area contributed by atoms with Gasteiger partial charge in [-0.3, -0.25) is 0 Å². The topological polar surface area (TPSA) is 160 Å². The Hall–Kier alpha value is -2.54. The molecule has 4 rings (SSSR count). The van der Waals surface area contributed by atoms with E-state index in [0.29, 0.717) is 11.1 Å². The van der Waals surface area contributed by atoms with E-state index in [4.69, 9.17) is 9.47 Å². The van der Waals surface area contributed by atoms with Crippen LogP contribution in [0.3, 0.4) is 0 Å². The summed E-state index contributed by atoms with van der Waals surface area (Å²) < 4.78 is 11.0. The summed E-state index contributed by atoms with van der Waals surface area (Å²) in [6.45, 7) is -0.795. The van der Waals surface area contributed by atoms with Crippen LogP contribution in [0.15, 0.2) is 36.4 Å². The fourth-order valence-corrected chi connectivity index (χ4v) is 4.12. The zero-order chi connectivity index (χ0) is 25.1. The SMILES string of the molecule is OC[C@@H]1C[C@H](O)[C@H](O)[C@@H](C#Cc2ccc3ccc(C#C[C@H]4O[C@H](CO)[C@@H](O)[C@H](O)[C@@H]4O)cc3c2)O1. The number of rotatable bonds is 2. The Morgan fingerprint density at radius 2 is 1.29 bits per heavy atom. The maximum atomic E-state index is 10.1. The van der Waals surface area contributed by atoms with Crippen molar-refractivity contribution in [2.45, 2.75) is 61.4 Å². The molecule has 2 aliphatic rings. The van der Waals surface area contributed by atoms with Crippen molar-refractivity contribution in [1.82, 2.24) is 0 Å². The Kier molecular flexibility index (Phi) is 8.05. The van der Waals surface area contributed by atoms with Crippen LogP contribution in [-0.4, -0.2) is 104 Å². The summed E-state index contributed by atoms with van der Waals surface area (Å²) in [6.07, 6.45) is -10.0. The van der Waals surface area contributed by atoms with E-state index in [1.54, 1.807) is 6.07 Å². The third-order valence-corrected chi connectivity index (χ3v) is 6.20. The molecule has 2 aromatic rings. The van der Waals surface area contributed by atoms with Crippen LogP contribution >= 0.6 is 0 Å². The Bertz CT molecular complexity index is 1160. The summed E-state index contributed by atoms with van der Waals surface area (Å²) in [7, 11) is 0. The summed E-state index contributed by atoms with van der Waals surface area (Å²) >= 11 is 0. The van der Waals surface area contributed by atoms with Crippen LogP contribution in [0, 0.1) is 23.7 Å². The van der Waals surface area contributed by atoms with Crippen LogP contribution in [-0.2, 0) is 9.47 Å². The van der Waals surface area contributed by atoms with E-state index in [-0.39, 0.29) is 13.0 Å². The smallest absolute Gasteiger partial charge is 0.147 e. The molecule has 0 radical (unpaired) electrons. The number of aliphatic hydroxyl groups is 7. The van der Waals surface area contributed by atoms with E-state index in [1.807, 2.05) is 30.3 Å². The minimum Gasteiger partial charge on any atom is -0.394 e. The van der Waals surface area contributed by atoms with Crippen LogP contribution in [0.1, 0.15) is 17.5 Å². The molecule has 2 heterocycles. The lowest BCUT2D eigenvalue weighted by Crippen LogP contribution is -2.58. The second-order valence-corrected chi connectivity index (χ2v) is 8.72. The average Bonchev–Trinajstić information content (AvgIpc) is 2.87. The predicted octanol–water partition coefficient (Wildman–Crippen LogP) is -1.74. The zero-order valence-corrected chi connectivity index (χ0v) is 18.7. The Morgan fingerprint density at radius 1 is 0.686 bits per heavy atom. The quantitative estimate of drug-likeness (QED) is 0.246. The molecule has 7 N–H and O–H groups in total. The van der Waals surface area contributed by atoms with E-state index in [1.165, 1.54) is 0 Å². The van der Waals surface area contributed by atoms with Gasteiger partial charge in [0.1, 0.15) is 42.7 Å². The van der Waals surface area contributed by atoms with E-state index < -0.39 is 61.5 Å². The van der Waals surface area contributed by atoms with Crippen molar-refractivity contribution in [1.29, 1.82) is 0 Å². The molecule has 0 spiro atoms. The first-order valence-electron chi connectivity index (χ1n) is 11.3. The Morgan fingerprint density at radius 3 is 1.86 bits per heavy atom. The molecular formula is C26H28O9. The second kappa shape index (κ2) is 11.0. The molecule has 2 fully saturated rings. The third-order valence-electron chi connectivity index (χ3n) is 6.20. The fraction of sp³-hybridized carbons (Fsp3) is 0.462. The standard InChI is InChI=1S/C26H28O9/c27-12-18-11-19(29)23(30)20(34-18)7-3-14-1-5-16-6-2-15(10-17(16)9-14)4-8-21-24(31)26(33)25(32)22(13-28)35-21/h1-2,5-6,9-10,18-33H,11-13H2/t18-,19-,20+,21+,22+,23-,24+,25+,26+/m0/s1. The molecule has 9 atom stereocenters. The Labute approximate surface area is 202 Å². The molecule has 2 saturated heterocycles. The average molecular weight is 485 g/mol. The summed E-state index contributed by atoms with van der Waals surface area (Å²) in [5, 5.41) is 70.4. The predicted molar refractivity (Wildman–Crippen MR) is 124 cm³/mol. The monoisotopic (exact) mass is 484 g/mol. The first-order valence-corrected chi connectivity index (χ1v) is 11.3. The lowest BCUT2D eigenvalue weighted by Gasteiger charge is -2.37. The summed E-state index contributed by atoms with van der Waals surface area (Å²) in [4.78, 5) is 0. The van der Waals surface area contributed by atoms with Crippen molar-refractivity contribution in [2.24, 2.45) is 0 Å². The van der Waals surface area contributed by atoms with Gasteiger partial charge in [0.2, 0.25) is 0 Å². The minimum absolute atomic E-state index is 0.138. The van der Waals surface area contributed by atoms with Crippen LogP contribution < -0.4 is 0 Å². The zero-order valence-electron chi connectivity index (χ0n) is 18.7. The third kappa shape index (κ3) is 5.66. The lowest BCUT2D eigenvalue weighted by molar-refractivity contribution is -0.214. The number of benzene rings is 2. The Balaban J connectivity index is 1.54. The van der Waals surface area contributed by atoms with Crippen LogP contribution in [0.5, 0.6) is 0 Å². The molecule has 186 valence electrons. The number of fused-ring (bicyclic) bond motifs is 1. The van der Waals surface area contributed by atoms with Crippen molar-refractivity contribution < 1.29 is 45.2 Å². The highest BCUT2D eigenvalue weighted by Gasteiger charge is 2.42. The van der Waals surface area contributed by atoms with E-state index in [2.05, 4.69) is 23.7 Å². The van der Waals surface area contributed by atoms with Crippen molar-refractivity contribution in [3.8, 4) is 23.7 Å². The molecule has 2 aromatic carbocycles. The van der Waals surface area contributed by atoms with Gasteiger partial charge in [-0.25, -0.2) is 0 Å². The molecule has 0 aromatic heterocycles. The van der Waals surface area contributed by atoms with Crippen LogP contribution in [0.25, 0.3) is 10.8 Å². The number of hydrogen-bond acceptors (Lipinski definition) is 9. The summed E-state index contributed by atoms with van der Waals surface area (Å²) in [5.41, 5.74) is 1.26. The highest BCUT2D eigenvalue weighted by atomic mass is 16.5. The maximum absolute atomic E-state index is 10.1. The van der Waals surface area contributed by atoms with Gasteiger partial charge in [-0.1, -0.05) is 35.8 Å². The highest BCUT2D eigenvalue weighted by molar-refractivity contribution is 5.85. The minimum atomic E-state index is -1.49. The van der Waals surface area contributed by atoms with Crippen molar-refractivity contribution in [3.05, 3.63) is 47.5 Å². The molecule has 2 aliphatic heterocycles. The number of hydrogen-bond donors (Lipinski definition) is 7. The van der Waals surface area contributed by atoms with Crippen molar-refractivity contribution in [2.75, 3.05) is 13.2 Å². The molecule has 0 bridgehead atoms. The van der Waals surface area contributed by atoms with Crippen LogP contribution in [0.4, 0.5) is 0 Å². The van der Waals surface area contributed by atoms with E-state index >= 15 is 0 Å². The molecule has 9 nitrogen and oxygen atoms in total. The molecule has 0 saturated carbocycles. The highest BCUT2D eigenvalue weighted by Crippen LogP contribution is 2.22. The summed E-state index contributed by atoms with van der Waals surface area (Å²) in [5.74, 6) is 11.4. The lowest BCUT2D eigenvalue weighted by atomic mass is 9.95. The largest absolute Gasteiger partial charge is 0.394 e. The van der Waals surface area contributed by atoms with Gasteiger partial charge >= 0.3 is 0 Å². The number of aliphatic hydroxyl groups excluding tert-OH is 7. The van der Waals surface area contributed by atoms with E-state index in [0.717, 1.165) is 10.8 Å². The first-order chi connectivity index (χ1) is 16.8. The van der Waals surface area contributed by atoms with Gasteiger partial charge in [-0.05, 0) is 35.0 Å². The summed E-state index contributed by atoms with van der Waals surface area (Å²) in [6, 6.07) is 11.0. The van der Waals surface area contributed by atoms with Gasteiger partial charge in [0.05, 0.1) is 25.4 Å². The van der Waals surface area contributed by atoms with Crippen LogP contribution in [0.2, 0.25) is 0 Å². The second-order valence-electron chi connectivity index (χ2n) is 8.72. The van der Waals surface area contributed by atoms with Crippen molar-refractivity contribution >= 4 is 10.8 Å². The molecule has 0 aliphatic carbocycles. The normalized spacial score (nSPS) is 35.0. The van der Waals surface area contributed by atoms with Crippen molar-refractivity contribution in [3.63, 3.8) is 0 Å². The first kappa shape index (κ1) is 25.5. The van der Waals surface area contributed by atoms with Gasteiger partial charge in [-0.15, -0.1) is 0 Å². The molecule has 35 heavy (non-hydrogen) atoms. The maximum Gasteiger partial charge on any atom is 0.147 e. The molecular weight excluding hydrogens is 456 g/mol.